The average Bonchev–Trinajstić information content (AvgIpc) is 3.42. The standard InChI is InChI=1S/C22H18N4O3S/c1-14-24-19(13-30-14)16-8-5-9-17(10-16)25-21(27)12-23-22(28)18-11-20(29-26-18)15-6-3-2-4-7-15/h2-11,13H,12H2,1H3,(H,23,28)(H,25,27). The van der Waals surface area contributed by atoms with E-state index in [0.29, 0.717) is 11.4 Å². The molecule has 0 fully saturated rings. The molecule has 4 aromatic rings. The molecular formula is C22H18N4O3S. The summed E-state index contributed by atoms with van der Waals surface area (Å²) in [4.78, 5) is 29.0. The second-order valence-electron chi connectivity index (χ2n) is 6.51. The maximum atomic E-state index is 12.3. The summed E-state index contributed by atoms with van der Waals surface area (Å²) in [7, 11) is 0. The van der Waals surface area contributed by atoms with Crippen LogP contribution in [0.1, 0.15) is 15.5 Å². The van der Waals surface area contributed by atoms with Gasteiger partial charge in [-0.1, -0.05) is 47.6 Å². The van der Waals surface area contributed by atoms with Gasteiger partial charge < -0.3 is 15.2 Å². The Labute approximate surface area is 176 Å². The summed E-state index contributed by atoms with van der Waals surface area (Å²) in [5.41, 5.74) is 3.34. The highest BCUT2D eigenvalue weighted by atomic mass is 32.1. The fourth-order valence-electron chi connectivity index (χ4n) is 2.83. The molecule has 0 bridgehead atoms. The van der Waals surface area contributed by atoms with Gasteiger partial charge in [0, 0.05) is 28.3 Å². The molecule has 2 aromatic carbocycles. The van der Waals surface area contributed by atoms with Crippen LogP contribution in [0, 0.1) is 6.92 Å². The van der Waals surface area contributed by atoms with E-state index in [0.717, 1.165) is 21.8 Å². The molecule has 2 heterocycles. The highest BCUT2D eigenvalue weighted by Gasteiger charge is 2.15. The lowest BCUT2D eigenvalue weighted by atomic mass is 10.1. The number of hydrogen-bond acceptors (Lipinski definition) is 6. The maximum Gasteiger partial charge on any atom is 0.273 e. The van der Waals surface area contributed by atoms with Gasteiger partial charge in [-0.25, -0.2) is 4.98 Å². The molecule has 0 spiro atoms. The Bertz CT molecular complexity index is 1180. The van der Waals surface area contributed by atoms with Gasteiger partial charge in [0.05, 0.1) is 17.2 Å². The Morgan fingerprint density at radius 1 is 1.03 bits per heavy atom. The molecule has 0 saturated carbocycles. The Morgan fingerprint density at radius 2 is 1.83 bits per heavy atom. The van der Waals surface area contributed by atoms with Crippen LogP contribution in [0.2, 0.25) is 0 Å². The number of benzene rings is 2. The summed E-state index contributed by atoms with van der Waals surface area (Å²) in [5, 5.41) is 12.0. The van der Waals surface area contributed by atoms with E-state index >= 15 is 0 Å². The smallest absolute Gasteiger partial charge is 0.273 e. The van der Waals surface area contributed by atoms with E-state index in [4.69, 9.17) is 4.52 Å². The number of anilines is 1. The maximum absolute atomic E-state index is 12.3. The summed E-state index contributed by atoms with van der Waals surface area (Å²) in [6.45, 7) is 1.76. The minimum absolute atomic E-state index is 0.113. The van der Waals surface area contributed by atoms with Crippen molar-refractivity contribution >= 4 is 28.8 Å². The van der Waals surface area contributed by atoms with E-state index in [9.17, 15) is 9.59 Å². The quantitative estimate of drug-likeness (QED) is 0.490. The Morgan fingerprint density at radius 3 is 2.60 bits per heavy atom. The minimum atomic E-state index is -0.484. The number of aromatic nitrogens is 2. The summed E-state index contributed by atoms with van der Waals surface area (Å²) in [5.74, 6) is -0.344. The molecule has 0 unspecified atom stereocenters. The SMILES string of the molecule is Cc1nc(-c2cccc(NC(=O)CNC(=O)c3cc(-c4ccccc4)on3)c2)cs1. The molecule has 150 valence electrons. The van der Waals surface area contributed by atoms with Gasteiger partial charge in [-0.2, -0.15) is 0 Å². The third-order valence-corrected chi connectivity index (χ3v) is 5.05. The molecule has 2 N–H and O–H groups in total. The van der Waals surface area contributed by atoms with Crippen molar-refractivity contribution in [1.29, 1.82) is 0 Å². The van der Waals surface area contributed by atoms with E-state index in [1.165, 1.54) is 0 Å². The summed E-state index contributed by atoms with van der Waals surface area (Å²) in [6, 6.07) is 18.3. The first-order valence-electron chi connectivity index (χ1n) is 9.21. The first-order chi connectivity index (χ1) is 14.6. The Balaban J connectivity index is 1.34. The van der Waals surface area contributed by atoms with Crippen molar-refractivity contribution in [3.63, 3.8) is 0 Å². The summed E-state index contributed by atoms with van der Waals surface area (Å²) < 4.78 is 5.21. The van der Waals surface area contributed by atoms with Gasteiger partial charge in [0.1, 0.15) is 0 Å². The van der Waals surface area contributed by atoms with Crippen LogP contribution in [0.15, 0.2) is 70.6 Å². The largest absolute Gasteiger partial charge is 0.355 e. The van der Waals surface area contributed by atoms with E-state index in [1.54, 1.807) is 23.5 Å². The number of nitrogens with zero attached hydrogens (tertiary/aromatic N) is 2. The third kappa shape index (κ3) is 4.61. The molecule has 4 rings (SSSR count). The number of thiazole rings is 1. The zero-order valence-electron chi connectivity index (χ0n) is 16.1. The number of carbonyl (C=O) groups is 2. The monoisotopic (exact) mass is 418 g/mol. The molecule has 7 nitrogen and oxygen atoms in total. The highest BCUT2D eigenvalue weighted by molar-refractivity contribution is 7.09. The normalized spacial score (nSPS) is 10.6. The minimum Gasteiger partial charge on any atom is -0.355 e. The number of carbonyl (C=O) groups excluding carboxylic acids is 2. The second kappa shape index (κ2) is 8.71. The van der Waals surface area contributed by atoms with Crippen LogP contribution in [0.4, 0.5) is 5.69 Å². The van der Waals surface area contributed by atoms with Crippen molar-refractivity contribution < 1.29 is 14.1 Å². The third-order valence-electron chi connectivity index (χ3n) is 4.27. The van der Waals surface area contributed by atoms with E-state index in [2.05, 4.69) is 20.8 Å². The summed E-state index contributed by atoms with van der Waals surface area (Å²) >= 11 is 1.57. The predicted molar refractivity (Wildman–Crippen MR) is 115 cm³/mol. The predicted octanol–water partition coefficient (Wildman–Crippen LogP) is 4.14. The number of rotatable bonds is 6. The molecular weight excluding hydrogens is 400 g/mol. The Hall–Kier alpha value is -3.78. The topological polar surface area (TPSA) is 97.1 Å². The van der Waals surface area contributed by atoms with Gasteiger partial charge >= 0.3 is 0 Å². The fraction of sp³-hybridized carbons (Fsp3) is 0.0909. The molecule has 0 aliphatic heterocycles. The molecule has 2 aromatic heterocycles. The molecule has 0 saturated heterocycles. The average molecular weight is 418 g/mol. The molecule has 2 amide bonds. The van der Waals surface area contributed by atoms with Gasteiger partial charge in [0.15, 0.2) is 11.5 Å². The van der Waals surface area contributed by atoms with E-state index < -0.39 is 5.91 Å². The van der Waals surface area contributed by atoms with Crippen LogP contribution in [0.3, 0.4) is 0 Å². The molecule has 0 aliphatic rings. The van der Waals surface area contributed by atoms with Crippen LogP contribution in [0.5, 0.6) is 0 Å². The molecule has 30 heavy (non-hydrogen) atoms. The van der Waals surface area contributed by atoms with Gasteiger partial charge in [-0.3, -0.25) is 9.59 Å². The first kappa shape index (κ1) is 19.5. The second-order valence-corrected chi connectivity index (χ2v) is 7.57. The van der Waals surface area contributed by atoms with Crippen LogP contribution in [-0.4, -0.2) is 28.5 Å². The molecule has 0 atom stereocenters. The van der Waals surface area contributed by atoms with Crippen molar-refractivity contribution in [1.82, 2.24) is 15.5 Å². The van der Waals surface area contributed by atoms with Gasteiger partial charge in [-0.15, -0.1) is 11.3 Å². The van der Waals surface area contributed by atoms with E-state index in [1.807, 2.05) is 60.8 Å². The van der Waals surface area contributed by atoms with E-state index in [-0.39, 0.29) is 18.1 Å². The number of nitrogens with one attached hydrogen (secondary N) is 2. The number of hydrogen-bond donors (Lipinski definition) is 2. The van der Waals surface area contributed by atoms with Crippen LogP contribution in [-0.2, 0) is 4.79 Å². The molecule has 8 heteroatoms. The zero-order chi connectivity index (χ0) is 20.9. The van der Waals surface area contributed by atoms with Crippen molar-refractivity contribution in [3.8, 4) is 22.6 Å². The van der Waals surface area contributed by atoms with Crippen molar-refractivity contribution in [2.75, 3.05) is 11.9 Å². The lowest BCUT2D eigenvalue weighted by Crippen LogP contribution is -2.33. The van der Waals surface area contributed by atoms with Crippen molar-refractivity contribution in [2.45, 2.75) is 6.92 Å². The summed E-state index contributed by atoms with van der Waals surface area (Å²) in [6.07, 6.45) is 0. The lowest BCUT2D eigenvalue weighted by molar-refractivity contribution is -0.115. The molecule has 0 radical (unpaired) electrons. The lowest BCUT2D eigenvalue weighted by Gasteiger charge is -2.07. The van der Waals surface area contributed by atoms with Crippen LogP contribution < -0.4 is 10.6 Å². The first-order valence-corrected chi connectivity index (χ1v) is 10.1. The van der Waals surface area contributed by atoms with Gasteiger partial charge in [0.25, 0.3) is 5.91 Å². The Kier molecular flexibility index (Phi) is 5.67. The van der Waals surface area contributed by atoms with Crippen molar-refractivity contribution in [2.24, 2.45) is 0 Å². The number of amides is 2. The molecule has 0 aliphatic carbocycles. The van der Waals surface area contributed by atoms with Crippen LogP contribution >= 0.6 is 11.3 Å². The highest BCUT2D eigenvalue weighted by Crippen LogP contribution is 2.24. The van der Waals surface area contributed by atoms with Gasteiger partial charge in [-0.05, 0) is 19.1 Å². The van der Waals surface area contributed by atoms with Gasteiger partial charge in [0.2, 0.25) is 5.91 Å². The van der Waals surface area contributed by atoms with Crippen LogP contribution in [0.25, 0.3) is 22.6 Å². The fourth-order valence-corrected chi connectivity index (χ4v) is 3.45. The number of aryl methyl sites for hydroxylation is 1. The zero-order valence-corrected chi connectivity index (χ0v) is 16.9. The van der Waals surface area contributed by atoms with Crippen molar-refractivity contribution in [3.05, 3.63) is 76.7 Å².